The zero-order valence-electron chi connectivity index (χ0n) is 20.8. The molecule has 10 nitrogen and oxygen atoms in total. The van der Waals surface area contributed by atoms with Gasteiger partial charge in [0, 0.05) is 36.0 Å². The quantitative estimate of drug-likeness (QED) is 0.298. The van der Waals surface area contributed by atoms with E-state index >= 15 is 0 Å². The van der Waals surface area contributed by atoms with E-state index in [4.69, 9.17) is 21.7 Å². The molecule has 184 valence electrons. The molecule has 2 unspecified atom stereocenters. The first-order valence-electron chi connectivity index (χ1n) is 11.5. The zero-order valence-corrected chi connectivity index (χ0v) is 21.5. The Morgan fingerprint density at radius 3 is 2.70 bits per heavy atom. The van der Waals surface area contributed by atoms with Crippen molar-refractivity contribution < 1.29 is 19.4 Å². The van der Waals surface area contributed by atoms with Crippen LogP contribution in [0, 0.1) is 13.5 Å². The van der Waals surface area contributed by atoms with Crippen molar-refractivity contribution in [2.75, 3.05) is 18.9 Å². The average Bonchev–Trinajstić information content (AvgIpc) is 3.19. The molecule has 1 N–H and O–H groups in total. The molecule has 2 bridgehead atoms. The van der Waals surface area contributed by atoms with E-state index in [1.165, 1.54) is 10.8 Å². The van der Waals surface area contributed by atoms with Crippen LogP contribution in [-0.2, 0) is 24.6 Å². The molecular formula is C21H33N4O6PS. The van der Waals surface area contributed by atoms with Gasteiger partial charge in [-0.2, -0.15) is 0 Å². The van der Waals surface area contributed by atoms with Crippen molar-refractivity contribution in [1.82, 2.24) is 14.2 Å². The number of ether oxygens (including phenoxy) is 1. The second kappa shape index (κ2) is 10.5. The van der Waals surface area contributed by atoms with Crippen LogP contribution in [0.4, 0.5) is 0 Å². The maximum Gasteiger partial charge on any atom is 0.330 e. The van der Waals surface area contributed by atoms with Gasteiger partial charge >= 0.3 is 5.69 Å². The average molecular weight is 502 g/mol. The van der Waals surface area contributed by atoms with Crippen LogP contribution in [0.25, 0.3) is 4.85 Å². The Kier molecular flexibility index (Phi) is 7.83. The maximum atomic E-state index is 13.3. The molecule has 7 atom stereocenters. The summed E-state index contributed by atoms with van der Waals surface area (Å²) in [5.74, 6) is 0.106. The summed E-state index contributed by atoms with van der Waals surface area (Å²) in [5, 5.41) is -0.730. The van der Waals surface area contributed by atoms with E-state index in [9.17, 15) is 13.8 Å². The highest BCUT2D eigenvalue weighted by molar-refractivity contribution is 7.86. The van der Waals surface area contributed by atoms with Crippen molar-refractivity contribution in [3.8, 4) is 0 Å². The van der Waals surface area contributed by atoms with Crippen LogP contribution in [0.15, 0.2) is 15.8 Å². The summed E-state index contributed by atoms with van der Waals surface area (Å²) in [4.78, 5) is 30.1. The predicted octanol–water partition coefficient (Wildman–Crippen LogP) is 2.32. The number of nitrogens with one attached hydrogen (secondary N) is 1. The summed E-state index contributed by atoms with van der Waals surface area (Å²) in [7, 11) is -3.12. The Morgan fingerprint density at radius 1 is 1.45 bits per heavy atom. The van der Waals surface area contributed by atoms with Crippen molar-refractivity contribution >= 4 is 19.3 Å². The van der Waals surface area contributed by atoms with Crippen LogP contribution in [0.5, 0.6) is 0 Å². The van der Waals surface area contributed by atoms with Gasteiger partial charge in [-0.1, -0.05) is 6.92 Å². The summed E-state index contributed by atoms with van der Waals surface area (Å²) in [5.41, 5.74) is -2.06. The third kappa shape index (κ3) is 5.02. The molecule has 1 aromatic rings. The number of fused-ring (bicyclic) bond motifs is 2. The van der Waals surface area contributed by atoms with E-state index in [0.29, 0.717) is 5.56 Å². The molecule has 0 aromatic carbocycles. The van der Waals surface area contributed by atoms with Crippen molar-refractivity contribution in [1.29, 1.82) is 0 Å². The van der Waals surface area contributed by atoms with Crippen molar-refractivity contribution in [3.63, 3.8) is 0 Å². The normalized spacial score (nSPS) is 31.2. The van der Waals surface area contributed by atoms with Gasteiger partial charge in [0.1, 0.15) is 23.6 Å². The molecule has 1 aromatic heterocycles. The lowest BCUT2D eigenvalue weighted by atomic mass is 9.96. The van der Waals surface area contributed by atoms with Crippen LogP contribution in [0.2, 0.25) is 0 Å². The molecule has 2 aliphatic rings. The number of H-pyrrole nitrogens is 1. The monoisotopic (exact) mass is 501 g/mol. The Bertz CT molecular complexity index is 1060. The summed E-state index contributed by atoms with van der Waals surface area (Å²) >= 11 is 0. The summed E-state index contributed by atoms with van der Waals surface area (Å²) in [6, 6.07) is 0.128. The first-order chi connectivity index (χ1) is 15.9. The second-order valence-electron chi connectivity index (χ2n) is 8.77. The molecule has 3 rings (SSSR count). The molecule has 0 saturated carbocycles. The van der Waals surface area contributed by atoms with Gasteiger partial charge in [-0.15, -0.1) is 0 Å². The van der Waals surface area contributed by atoms with Gasteiger partial charge < -0.3 is 18.6 Å². The van der Waals surface area contributed by atoms with Gasteiger partial charge in [-0.05, 0) is 41.0 Å². The molecular weight excluding hydrogens is 467 g/mol. The van der Waals surface area contributed by atoms with Crippen molar-refractivity contribution in [3.05, 3.63) is 44.0 Å². The van der Waals surface area contributed by atoms with E-state index in [-0.39, 0.29) is 31.0 Å². The van der Waals surface area contributed by atoms with Crippen molar-refractivity contribution in [2.45, 2.75) is 83.2 Å². The Labute approximate surface area is 199 Å². The fraction of sp³-hybridized carbons (Fsp3) is 0.762. The molecule has 0 radical (unpaired) electrons. The Morgan fingerprint density at radius 2 is 2.12 bits per heavy atom. The largest absolute Gasteiger partial charge is 0.346 e. The summed E-state index contributed by atoms with van der Waals surface area (Å²) in [6.45, 7) is 18.7. The Balaban J connectivity index is 2.03. The van der Waals surface area contributed by atoms with E-state index in [1.54, 1.807) is 13.8 Å². The van der Waals surface area contributed by atoms with Gasteiger partial charge in [-0.25, -0.2) is 16.0 Å². The number of aromatic nitrogens is 2. The van der Waals surface area contributed by atoms with Crippen molar-refractivity contribution in [2.24, 2.45) is 0 Å². The number of aryl methyl sites for hydroxylation is 1. The molecule has 2 aliphatic heterocycles. The summed E-state index contributed by atoms with van der Waals surface area (Å²) in [6.07, 6.45) is -1.14. The molecule has 2 saturated heterocycles. The third-order valence-corrected chi connectivity index (χ3v) is 9.77. The van der Waals surface area contributed by atoms with Crippen LogP contribution in [0.3, 0.4) is 0 Å². The van der Waals surface area contributed by atoms with Gasteiger partial charge in [0.25, 0.3) is 14.1 Å². The standard InChI is InChI=1S/C21H33N4O6PS/c1-8-21-12-33(28)16(19(30-21)24-11-15(6)18(26)23-20(24)27)17(21)31-32(29-10-9-22-7)25(13(2)3)14(4)5/h11,13-14,16-17,19H,8-10,12H2,1-6H3,(H,23,26,27)/t16-,17+,19-,21+,32?,33?/m1/s1/i8D/t8-,16-,17+,19-,21+,32?,33?. The number of aromatic amines is 1. The van der Waals surface area contributed by atoms with Gasteiger partial charge in [0.2, 0.25) is 6.54 Å². The smallest absolute Gasteiger partial charge is 0.330 e. The maximum absolute atomic E-state index is 13.3. The minimum atomic E-state index is -1.67. The van der Waals surface area contributed by atoms with E-state index < -0.39 is 60.2 Å². The van der Waals surface area contributed by atoms with E-state index in [0.717, 1.165) is 0 Å². The number of nitrogens with zero attached hydrogens (tertiary/aromatic N) is 3. The zero-order chi connectivity index (χ0) is 25.4. The van der Waals surface area contributed by atoms with Crippen LogP contribution in [0.1, 0.15) is 54.2 Å². The lowest BCUT2D eigenvalue weighted by Gasteiger charge is -2.38. The molecule has 3 heterocycles. The highest BCUT2D eigenvalue weighted by Crippen LogP contribution is 2.56. The lowest BCUT2D eigenvalue weighted by molar-refractivity contribution is -0.0893. The molecule has 0 amide bonds. The second-order valence-corrected chi connectivity index (χ2v) is 11.8. The SMILES string of the molecule is [2H][C@H](C)[C@@]12CS(=O)[C@@H]([C@H](n3cc(C)c(=O)[nH]c3=O)O1)[C@@H]2OP(OCC[N+]#[C-])N(C(C)C)C(C)C. The van der Waals surface area contributed by atoms with E-state index in [2.05, 4.69) is 14.5 Å². The number of hydrogen-bond acceptors (Lipinski definition) is 7. The lowest BCUT2D eigenvalue weighted by Crippen LogP contribution is -2.43. The number of rotatable bonds is 10. The van der Waals surface area contributed by atoms with Crippen LogP contribution < -0.4 is 11.2 Å². The van der Waals surface area contributed by atoms with Gasteiger partial charge in [-0.3, -0.25) is 18.6 Å². The first kappa shape index (κ1) is 24.7. The van der Waals surface area contributed by atoms with Crippen LogP contribution >= 0.6 is 8.53 Å². The minimum Gasteiger partial charge on any atom is -0.346 e. The minimum absolute atomic E-state index is 0.0640. The first-order valence-corrected chi connectivity index (χ1v) is 13.5. The highest BCUT2D eigenvalue weighted by Gasteiger charge is 2.65. The molecule has 2 fully saturated rings. The fourth-order valence-electron chi connectivity index (χ4n) is 4.33. The summed E-state index contributed by atoms with van der Waals surface area (Å²) < 4.78 is 44.0. The Hall–Kier alpha value is -1.41. The van der Waals surface area contributed by atoms with E-state index in [1.807, 2.05) is 27.7 Å². The van der Waals surface area contributed by atoms with Crippen LogP contribution in [-0.4, -0.2) is 66.4 Å². The topological polar surface area (TPSA) is 107 Å². The highest BCUT2D eigenvalue weighted by atomic mass is 32.2. The third-order valence-electron chi connectivity index (χ3n) is 5.84. The molecule has 33 heavy (non-hydrogen) atoms. The fourth-order valence-corrected chi connectivity index (χ4v) is 8.26. The molecule has 0 spiro atoms. The number of hydrogen-bond donors (Lipinski definition) is 1. The molecule has 0 aliphatic carbocycles. The van der Waals surface area contributed by atoms with Gasteiger partial charge in [0.15, 0.2) is 6.23 Å². The predicted molar refractivity (Wildman–Crippen MR) is 127 cm³/mol. The van der Waals surface area contributed by atoms with Gasteiger partial charge in [0.05, 0.1) is 5.75 Å². The molecule has 12 heteroatoms.